The lowest BCUT2D eigenvalue weighted by atomic mass is 10.0. The third kappa shape index (κ3) is 3.87. The lowest BCUT2D eigenvalue weighted by Gasteiger charge is -2.06. The van der Waals surface area contributed by atoms with Gasteiger partial charge in [-0.3, -0.25) is 9.59 Å². The number of aryl methyl sites for hydroxylation is 1. The Morgan fingerprint density at radius 3 is 2.56 bits per heavy atom. The van der Waals surface area contributed by atoms with Crippen molar-refractivity contribution in [1.82, 2.24) is 0 Å². The average Bonchev–Trinajstić information content (AvgIpc) is 3.33. The molecule has 4 nitrogen and oxygen atoms in total. The number of ketones is 1. The van der Waals surface area contributed by atoms with E-state index in [4.69, 9.17) is 39.2 Å². The molecule has 0 saturated carbocycles. The molecule has 1 N–H and O–H groups in total. The molecule has 0 fully saturated rings. The van der Waals surface area contributed by atoms with Gasteiger partial charge in [0.15, 0.2) is 5.76 Å². The van der Waals surface area contributed by atoms with Crippen molar-refractivity contribution in [3.8, 4) is 0 Å². The lowest BCUT2D eigenvalue weighted by Crippen LogP contribution is -2.13. The molecule has 5 rings (SSSR count). The number of benzene rings is 3. The van der Waals surface area contributed by atoms with E-state index in [1.165, 1.54) is 12.1 Å². The molecule has 170 valence electrons. The monoisotopic (exact) mass is 531 g/mol. The Bertz CT molecular complexity index is 1640. The summed E-state index contributed by atoms with van der Waals surface area (Å²) in [4.78, 5) is 26.7. The second-order valence-corrected chi connectivity index (χ2v) is 9.83. The van der Waals surface area contributed by atoms with E-state index < -0.39 is 17.5 Å². The maximum absolute atomic E-state index is 14.1. The molecule has 0 saturated heterocycles. The van der Waals surface area contributed by atoms with Gasteiger partial charge in [0.25, 0.3) is 5.91 Å². The minimum atomic E-state index is -0.567. The molecule has 0 atom stereocenters. The summed E-state index contributed by atoms with van der Waals surface area (Å²) in [7, 11) is 0. The highest BCUT2D eigenvalue weighted by Crippen LogP contribution is 2.42. The fraction of sp³-hybridized carbons (Fsp3) is 0.0400. The number of halogens is 4. The Kier molecular flexibility index (Phi) is 5.86. The van der Waals surface area contributed by atoms with Crippen molar-refractivity contribution < 1.29 is 18.4 Å². The number of carbonyl (C=O) groups excluding carboxylic acids is 2. The number of amides is 1. The van der Waals surface area contributed by atoms with Crippen molar-refractivity contribution >= 4 is 84.6 Å². The van der Waals surface area contributed by atoms with E-state index >= 15 is 0 Å². The summed E-state index contributed by atoms with van der Waals surface area (Å²) in [5.41, 5.74) is 1.07. The van der Waals surface area contributed by atoms with Crippen LogP contribution in [0.25, 0.3) is 21.1 Å². The molecule has 0 unspecified atom stereocenters. The number of nitrogens with one attached hydrogen (secondary N) is 1. The number of hydrogen-bond donors (Lipinski definition) is 1. The van der Waals surface area contributed by atoms with E-state index in [0.717, 1.165) is 17.4 Å². The van der Waals surface area contributed by atoms with Gasteiger partial charge >= 0.3 is 0 Å². The summed E-state index contributed by atoms with van der Waals surface area (Å²) in [6.07, 6.45) is 0. The van der Waals surface area contributed by atoms with Crippen LogP contribution in [0, 0.1) is 12.7 Å². The molecule has 0 bridgehead atoms. The highest BCUT2D eigenvalue weighted by atomic mass is 35.5. The molecule has 2 heterocycles. The molecule has 2 aromatic heterocycles. The van der Waals surface area contributed by atoms with Crippen LogP contribution in [-0.2, 0) is 0 Å². The van der Waals surface area contributed by atoms with Crippen LogP contribution >= 0.6 is 46.1 Å². The van der Waals surface area contributed by atoms with E-state index in [-0.39, 0.29) is 26.9 Å². The largest absolute Gasteiger partial charge is 0.450 e. The maximum Gasteiger partial charge on any atom is 0.267 e. The molecule has 1 amide bonds. The Labute approximate surface area is 211 Å². The minimum absolute atomic E-state index is 0.0963. The number of carbonyl (C=O) groups is 2. The lowest BCUT2D eigenvalue weighted by molar-refractivity contribution is 0.101. The number of hydrogen-bond acceptors (Lipinski definition) is 4. The highest BCUT2D eigenvalue weighted by Gasteiger charge is 2.26. The number of para-hydroxylation sites is 1. The number of fused-ring (bicyclic) bond motifs is 2. The van der Waals surface area contributed by atoms with Crippen LogP contribution in [0.4, 0.5) is 10.1 Å². The van der Waals surface area contributed by atoms with Gasteiger partial charge in [0, 0.05) is 26.1 Å². The number of furan rings is 1. The first-order chi connectivity index (χ1) is 16.2. The molecule has 0 aliphatic heterocycles. The van der Waals surface area contributed by atoms with E-state index in [1.54, 1.807) is 43.3 Å². The predicted octanol–water partition coefficient (Wildman–Crippen LogP) is 8.54. The van der Waals surface area contributed by atoms with Gasteiger partial charge in [-0.15, -0.1) is 11.3 Å². The molecule has 0 aliphatic rings. The quantitative estimate of drug-likeness (QED) is 0.236. The number of thiophene rings is 1. The minimum Gasteiger partial charge on any atom is -0.450 e. The van der Waals surface area contributed by atoms with E-state index in [9.17, 15) is 14.0 Å². The third-order valence-electron chi connectivity index (χ3n) is 5.33. The Balaban J connectivity index is 1.60. The van der Waals surface area contributed by atoms with Crippen molar-refractivity contribution in [2.24, 2.45) is 0 Å². The molecule has 5 aromatic rings. The van der Waals surface area contributed by atoms with Gasteiger partial charge in [0.1, 0.15) is 16.3 Å². The summed E-state index contributed by atoms with van der Waals surface area (Å²) >= 11 is 20.0. The van der Waals surface area contributed by atoms with Crippen LogP contribution < -0.4 is 5.32 Å². The second-order valence-electron chi connectivity index (χ2n) is 7.56. The molecule has 9 heteroatoms. The van der Waals surface area contributed by atoms with Gasteiger partial charge in [-0.2, -0.15) is 0 Å². The van der Waals surface area contributed by atoms with E-state index in [2.05, 4.69) is 5.32 Å². The summed E-state index contributed by atoms with van der Waals surface area (Å²) in [6, 6.07) is 14.3. The van der Waals surface area contributed by atoms with Crippen molar-refractivity contribution in [1.29, 1.82) is 0 Å². The molecule has 34 heavy (non-hydrogen) atoms. The zero-order valence-electron chi connectivity index (χ0n) is 17.3. The fourth-order valence-corrected chi connectivity index (χ4v) is 5.90. The normalized spacial score (nSPS) is 11.3. The standard InChI is InChI=1S/C25H13Cl3FNO3S/c1-11-6-7-12(8-16(11)29)22(31)23-21(14-4-2-3-5-17(14)33-23)30-25(32)24-20(28)19-15(27)9-13(26)10-18(19)34-24/h2-10H,1H3,(H,30,32). The molecule has 0 spiro atoms. The second kappa shape index (κ2) is 8.71. The first-order valence-electron chi connectivity index (χ1n) is 9.95. The van der Waals surface area contributed by atoms with Gasteiger partial charge in [-0.1, -0.05) is 59.1 Å². The van der Waals surface area contributed by atoms with Crippen LogP contribution in [0.15, 0.2) is 59.0 Å². The van der Waals surface area contributed by atoms with Gasteiger partial charge < -0.3 is 9.73 Å². The van der Waals surface area contributed by atoms with Crippen molar-refractivity contribution in [3.05, 3.63) is 97.2 Å². The highest BCUT2D eigenvalue weighted by molar-refractivity contribution is 7.21. The van der Waals surface area contributed by atoms with Crippen molar-refractivity contribution in [2.45, 2.75) is 6.92 Å². The van der Waals surface area contributed by atoms with Crippen molar-refractivity contribution in [3.63, 3.8) is 0 Å². The molecular formula is C25H13Cl3FNO3S. The number of rotatable bonds is 4. The third-order valence-corrected chi connectivity index (χ3v) is 7.47. The maximum atomic E-state index is 14.1. The zero-order valence-corrected chi connectivity index (χ0v) is 20.4. The van der Waals surface area contributed by atoms with Crippen LogP contribution in [0.1, 0.15) is 31.4 Å². The van der Waals surface area contributed by atoms with Gasteiger partial charge in [-0.05, 0) is 42.8 Å². The van der Waals surface area contributed by atoms with Gasteiger partial charge in [0.05, 0.1) is 15.7 Å². The Hall–Kier alpha value is -2.90. The van der Waals surface area contributed by atoms with Crippen LogP contribution in [0.5, 0.6) is 0 Å². The first kappa shape index (κ1) is 22.9. The topological polar surface area (TPSA) is 59.3 Å². The Morgan fingerprint density at radius 2 is 1.79 bits per heavy atom. The molecular weight excluding hydrogens is 520 g/mol. The van der Waals surface area contributed by atoms with Gasteiger partial charge in [0.2, 0.25) is 5.78 Å². The summed E-state index contributed by atoms with van der Waals surface area (Å²) in [6.45, 7) is 1.60. The predicted molar refractivity (Wildman–Crippen MR) is 136 cm³/mol. The van der Waals surface area contributed by atoms with E-state index in [1.807, 2.05) is 0 Å². The van der Waals surface area contributed by atoms with Crippen LogP contribution in [-0.4, -0.2) is 11.7 Å². The molecule has 0 aliphatic carbocycles. The SMILES string of the molecule is Cc1ccc(C(=O)c2oc3ccccc3c2NC(=O)c2sc3cc(Cl)cc(Cl)c3c2Cl)cc1F. The summed E-state index contributed by atoms with van der Waals surface area (Å²) < 4.78 is 20.6. The van der Waals surface area contributed by atoms with Crippen molar-refractivity contribution in [2.75, 3.05) is 5.32 Å². The summed E-state index contributed by atoms with van der Waals surface area (Å²) in [5, 5.41) is 4.73. The fourth-order valence-electron chi connectivity index (χ4n) is 3.62. The number of anilines is 1. The summed E-state index contributed by atoms with van der Waals surface area (Å²) in [5.74, 6) is -1.74. The smallest absolute Gasteiger partial charge is 0.267 e. The Morgan fingerprint density at radius 1 is 1.03 bits per heavy atom. The van der Waals surface area contributed by atoms with Gasteiger partial charge in [-0.25, -0.2) is 4.39 Å². The molecule has 0 radical (unpaired) electrons. The molecule has 3 aromatic carbocycles. The van der Waals surface area contributed by atoms with Crippen LogP contribution in [0.3, 0.4) is 0 Å². The average molecular weight is 533 g/mol. The zero-order chi connectivity index (χ0) is 24.1. The first-order valence-corrected chi connectivity index (χ1v) is 11.9. The van der Waals surface area contributed by atoms with Crippen LogP contribution in [0.2, 0.25) is 15.1 Å². The van der Waals surface area contributed by atoms with E-state index in [0.29, 0.717) is 36.7 Å².